The number of hydrogen-bond acceptors (Lipinski definition) is 4. The molecule has 0 saturated carbocycles. The van der Waals surface area contributed by atoms with Gasteiger partial charge in [0.2, 0.25) is 6.29 Å². The minimum Gasteiger partial charge on any atom is -0.464 e. The van der Waals surface area contributed by atoms with Gasteiger partial charge in [0, 0.05) is 24.0 Å². The molecular formula is C24H23FO4. The van der Waals surface area contributed by atoms with Gasteiger partial charge in [-0.2, -0.15) is 0 Å². The molecular weight excluding hydrogens is 371 g/mol. The Morgan fingerprint density at radius 1 is 0.966 bits per heavy atom. The molecule has 3 atom stereocenters. The molecule has 3 aromatic carbocycles. The summed E-state index contributed by atoms with van der Waals surface area (Å²) in [5, 5.41) is 21.5. The first-order valence-corrected chi connectivity index (χ1v) is 9.69. The predicted molar refractivity (Wildman–Crippen MR) is 111 cm³/mol. The van der Waals surface area contributed by atoms with Crippen LogP contribution in [0.5, 0.6) is 5.75 Å². The molecule has 0 spiro atoms. The van der Waals surface area contributed by atoms with Crippen LogP contribution in [0.25, 0.3) is 22.9 Å². The molecule has 0 bridgehead atoms. The fourth-order valence-corrected chi connectivity index (χ4v) is 3.54. The average molecular weight is 394 g/mol. The molecule has 29 heavy (non-hydrogen) atoms. The Hall–Kier alpha value is -2.73. The van der Waals surface area contributed by atoms with Crippen LogP contribution in [0.15, 0.2) is 60.7 Å². The number of hydrogen-bond donors (Lipinski definition) is 2. The molecule has 4 nitrogen and oxygen atoms in total. The third-order valence-corrected chi connectivity index (χ3v) is 5.03. The number of aliphatic hydroxyl groups excluding tert-OH is 2. The third-order valence-electron chi connectivity index (χ3n) is 5.03. The highest BCUT2D eigenvalue weighted by Gasteiger charge is 2.29. The normalized spacial score (nSPS) is 22.2. The Morgan fingerprint density at radius 3 is 2.41 bits per heavy atom. The maximum absolute atomic E-state index is 14.0. The van der Waals surface area contributed by atoms with Gasteiger partial charge < -0.3 is 19.7 Å². The Morgan fingerprint density at radius 2 is 1.66 bits per heavy atom. The zero-order valence-electron chi connectivity index (χ0n) is 15.9. The van der Waals surface area contributed by atoms with E-state index in [-0.39, 0.29) is 12.4 Å². The van der Waals surface area contributed by atoms with Crippen molar-refractivity contribution in [1.29, 1.82) is 0 Å². The third kappa shape index (κ3) is 4.65. The van der Waals surface area contributed by atoms with Crippen molar-refractivity contribution < 1.29 is 24.1 Å². The smallest absolute Gasteiger partial charge is 0.202 e. The maximum atomic E-state index is 14.0. The highest BCUT2D eigenvalue weighted by atomic mass is 19.1. The molecule has 150 valence electrons. The van der Waals surface area contributed by atoms with Crippen LogP contribution in [-0.2, 0) is 4.74 Å². The standard InChI is InChI=1S/C24H23FO4/c25-22-8-4-3-5-16(22)9-10-19-11-17-6-1-2-7-18(17)12-23(19)29-24-14-20(27)13-21(15-26)28-24/h1-12,20-21,24,26-27H,13-15H2/b10-9+. The zero-order chi connectivity index (χ0) is 20.2. The van der Waals surface area contributed by atoms with Gasteiger partial charge in [0.05, 0.1) is 18.8 Å². The molecule has 0 aliphatic carbocycles. The second-order valence-electron chi connectivity index (χ2n) is 7.21. The van der Waals surface area contributed by atoms with Gasteiger partial charge in [0.15, 0.2) is 0 Å². The summed E-state index contributed by atoms with van der Waals surface area (Å²) in [6, 6.07) is 18.3. The first-order valence-electron chi connectivity index (χ1n) is 9.69. The Labute approximate surface area is 168 Å². The number of rotatable bonds is 5. The fraction of sp³-hybridized carbons (Fsp3) is 0.250. The van der Waals surface area contributed by atoms with Crippen molar-refractivity contribution in [1.82, 2.24) is 0 Å². The van der Waals surface area contributed by atoms with Gasteiger partial charge >= 0.3 is 0 Å². The lowest BCUT2D eigenvalue weighted by atomic mass is 10.0. The molecule has 5 heteroatoms. The van der Waals surface area contributed by atoms with Crippen molar-refractivity contribution in [3.8, 4) is 5.75 Å². The summed E-state index contributed by atoms with van der Waals surface area (Å²) in [5.41, 5.74) is 1.26. The minimum atomic E-state index is -0.669. The fourth-order valence-electron chi connectivity index (χ4n) is 3.54. The highest BCUT2D eigenvalue weighted by molar-refractivity contribution is 5.88. The van der Waals surface area contributed by atoms with Crippen LogP contribution in [0.2, 0.25) is 0 Å². The van der Waals surface area contributed by atoms with Crippen LogP contribution in [-0.4, -0.2) is 35.3 Å². The van der Waals surface area contributed by atoms with Crippen molar-refractivity contribution >= 4 is 22.9 Å². The number of fused-ring (bicyclic) bond motifs is 1. The van der Waals surface area contributed by atoms with Gasteiger partial charge in [0.1, 0.15) is 11.6 Å². The van der Waals surface area contributed by atoms with Crippen LogP contribution < -0.4 is 4.74 Å². The van der Waals surface area contributed by atoms with E-state index in [9.17, 15) is 14.6 Å². The Bertz CT molecular complexity index is 1020. The van der Waals surface area contributed by atoms with Crippen molar-refractivity contribution in [2.24, 2.45) is 0 Å². The van der Waals surface area contributed by atoms with Crippen LogP contribution in [0.4, 0.5) is 4.39 Å². The summed E-state index contributed by atoms with van der Waals surface area (Å²) in [6.07, 6.45) is 2.50. The molecule has 1 saturated heterocycles. The van der Waals surface area contributed by atoms with E-state index < -0.39 is 18.5 Å². The molecule has 2 N–H and O–H groups in total. The van der Waals surface area contributed by atoms with Gasteiger partial charge in [-0.1, -0.05) is 54.6 Å². The predicted octanol–water partition coefficient (Wildman–Crippen LogP) is 4.39. The summed E-state index contributed by atoms with van der Waals surface area (Å²) >= 11 is 0. The average Bonchev–Trinajstić information content (AvgIpc) is 2.72. The van der Waals surface area contributed by atoms with E-state index in [1.54, 1.807) is 24.3 Å². The molecule has 4 rings (SSSR count). The molecule has 3 aromatic rings. The van der Waals surface area contributed by atoms with Crippen LogP contribution in [0, 0.1) is 5.82 Å². The lowest BCUT2D eigenvalue weighted by Crippen LogP contribution is -2.40. The molecule has 0 aromatic heterocycles. The summed E-state index contributed by atoms with van der Waals surface area (Å²) in [7, 11) is 0. The van der Waals surface area contributed by atoms with E-state index in [4.69, 9.17) is 9.47 Å². The zero-order valence-corrected chi connectivity index (χ0v) is 15.9. The number of halogens is 1. The molecule has 0 radical (unpaired) electrons. The van der Waals surface area contributed by atoms with Gasteiger partial charge in [-0.25, -0.2) is 4.39 Å². The van der Waals surface area contributed by atoms with Crippen LogP contribution in [0.1, 0.15) is 24.0 Å². The van der Waals surface area contributed by atoms with Crippen molar-refractivity contribution in [3.63, 3.8) is 0 Å². The van der Waals surface area contributed by atoms with Crippen LogP contribution in [0.3, 0.4) is 0 Å². The second-order valence-corrected chi connectivity index (χ2v) is 7.21. The molecule has 0 amide bonds. The van der Waals surface area contributed by atoms with Crippen molar-refractivity contribution in [2.75, 3.05) is 6.61 Å². The maximum Gasteiger partial charge on any atom is 0.202 e. The van der Waals surface area contributed by atoms with Crippen molar-refractivity contribution in [3.05, 3.63) is 77.6 Å². The van der Waals surface area contributed by atoms with Gasteiger partial charge in [-0.3, -0.25) is 0 Å². The topological polar surface area (TPSA) is 58.9 Å². The van der Waals surface area contributed by atoms with E-state index in [0.717, 1.165) is 16.3 Å². The van der Waals surface area contributed by atoms with Crippen molar-refractivity contribution in [2.45, 2.75) is 31.3 Å². The SMILES string of the molecule is OCC1CC(O)CC(Oc2cc3ccccc3cc2/C=C/c2ccccc2F)O1. The van der Waals surface area contributed by atoms with E-state index in [2.05, 4.69) is 0 Å². The number of aliphatic hydroxyl groups is 2. The molecule has 1 fully saturated rings. The first-order chi connectivity index (χ1) is 14.1. The van der Waals surface area contributed by atoms with E-state index in [0.29, 0.717) is 24.2 Å². The molecule has 1 aliphatic rings. The Kier molecular flexibility index (Phi) is 5.90. The van der Waals surface area contributed by atoms with E-state index in [1.165, 1.54) is 6.07 Å². The lowest BCUT2D eigenvalue weighted by Gasteiger charge is -2.32. The second kappa shape index (κ2) is 8.74. The van der Waals surface area contributed by atoms with E-state index in [1.807, 2.05) is 42.5 Å². The van der Waals surface area contributed by atoms with Gasteiger partial charge in [-0.15, -0.1) is 0 Å². The molecule has 1 aliphatic heterocycles. The monoisotopic (exact) mass is 394 g/mol. The summed E-state index contributed by atoms with van der Waals surface area (Å²) in [4.78, 5) is 0. The van der Waals surface area contributed by atoms with Gasteiger partial charge in [-0.05, 0) is 29.0 Å². The first kappa shape index (κ1) is 19.6. The highest BCUT2D eigenvalue weighted by Crippen LogP contribution is 2.31. The summed E-state index contributed by atoms with van der Waals surface area (Å²) in [6.45, 7) is -0.172. The van der Waals surface area contributed by atoms with E-state index >= 15 is 0 Å². The molecule has 3 unspecified atom stereocenters. The largest absolute Gasteiger partial charge is 0.464 e. The summed E-state index contributed by atoms with van der Waals surface area (Å²) in [5.74, 6) is 0.281. The minimum absolute atomic E-state index is 0.172. The lowest BCUT2D eigenvalue weighted by molar-refractivity contribution is -0.184. The number of ether oxygens (including phenoxy) is 2. The summed E-state index contributed by atoms with van der Waals surface area (Å²) < 4.78 is 25.8. The number of benzene rings is 3. The van der Waals surface area contributed by atoms with Gasteiger partial charge in [0.25, 0.3) is 0 Å². The molecule has 1 heterocycles. The Balaban J connectivity index is 1.68. The van der Waals surface area contributed by atoms with Crippen LogP contribution >= 0.6 is 0 Å². The quantitative estimate of drug-likeness (QED) is 0.631.